The summed E-state index contributed by atoms with van der Waals surface area (Å²) in [6.45, 7) is 0. The van der Waals surface area contributed by atoms with Crippen LogP contribution in [-0.4, -0.2) is 14.4 Å². The van der Waals surface area contributed by atoms with Crippen molar-refractivity contribution in [2.45, 2.75) is 5.41 Å². The van der Waals surface area contributed by atoms with Crippen molar-refractivity contribution < 1.29 is 0 Å². The number of pyridine rings is 2. The van der Waals surface area contributed by atoms with Gasteiger partial charge in [-0.2, -0.15) is 0 Å². The Morgan fingerprint density at radius 3 is 1.74 bits per heavy atom. The largest absolute Gasteiger partial charge is 0.306 e. The molecular formula is C51H33N3. The maximum atomic E-state index is 5.40. The van der Waals surface area contributed by atoms with E-state index in [2.05, 4.69) is 180 Å². The maximum absolute atomic E-state index is 5.40. The lowest BCUT2D eigenvalue weighted by Gasteiger charge is -2.34. The van der Waals surface area contributed by atoms with Gasteiger partial charge in [0, 0.05) is 34.3 Å². The standard InChI is InChI=1S/C51H33N3/c1-3-13-38(14-4-1)51(39-15-5-2-6-16-39)45-19-9-7-17-40(45)43-31-42-41-18-8-10-20-47(41)53-50(44(42)32-46(43)51)37-28-24-35(25-29-37)34-22-26-36(27-23-34)48-33-54-30-12-11-21-49(54)52-48/h1-33H. The summed E-state index contributed by atoms with van der Waals surface area (Å²) in [4.78, 5) is 10.2. The van der Waals surface area contributed by atoms with Crippen LogP contribution in [0.25, 0.3) is 72.1 Å². The first-order valence-corrected chi connectivity index (χ1v) is 18.5. The average molecular weight is 688 g/mol. The second-order valence-corrected chi connectivity index (χ2v) is 14.2. The molecule has 11 rings (SSSR count). The highest BCUT2D eigenvalue weighted by molar-refractivity contribution is 6.13. The summed E-state index contributed by atoms with van der Waals surface area (Å²) in [5, 5.41) is 3.53. The second kappa shape index (κ2) is 12.0. The summed E-state index contributed by atoms with van der Waals surface area (Å²) in [7, 11) is 0. The molecule has 0 unspecified atom stereocenters. The average Bonchev–Trinajstić information content (AvgIpc) is 3.81. The van der Waals surface area contributed by atoms with Crippen LogP contribution in [0, 0.1) is 0 Å². The van der Waals surface area contributed by atoms with Crippen LogP contribution < -0.4 is 0 Å². The molecule has 252 valence electrons. The molecule has 1 aliphatic carbocycles. The molecule has 0 N–H and O–H groups in total. The van der Waals surface area contributed by atoms with Crippen LogP contribution in [0.1, 0.15) is 22.3 Å². The lowest BCUT2D eigenvalue weighted by molar-refractivity contribution is 0.769. The molecule has 0 spiro atoms. The fourth-order valence-electron chi connectivity index (χ4n) is 8.83. The van der Waals surface area contributed by atoms with Crippen LogP contribution in [0.5, 0.6) is 0 Å². The highest BCUT2D eigenvalue weighted by Gasteiger charge is 2.46. The molecule has 0 saturated heterocycles. The molecule has 3 heterocycles. The van der Waals surface area contributed by atoms with Gasteiger partial charge in [0.2, 0.25) is 0 Å². The number of hydrogen-bond acceptors (Lipinski definition) is 2. The molecule has 54 heavy (non-hydrogen) atoms. The van der Waals surface area contributed by atoms with Gasteiger partial charge < -0.3 is 4.40 Å². The van der Waals surface area contributed by atoms with Crippen LogP contribution in [0.2, 0.25) is 0 Å². The van der Waals surface area contributed by atoms with Crippen molar-refractivity contribution in [2.24, 2.45) is 0 Å². The Labute approximate surface area is 313 Å². The molecule has 0 bridgehead atoms. The molecule has 1 aliphatic rings. The lowest BCUT2D eigenvalue weighted by atomic mass is 9.67. The lowest BCUT2D eigenvalue weighted by Crippen LogP contribution is -2.28. The fourth-order valence-corrected chi connectivity index (χ4v) is 8.83. The SMILES string of the molecule is c1ccc(C2(c3ccccc3)c3ccccc3-c3cc4c(cc32)c(-c2ccc(-c3ccc(-c5cn6ccccc6n5)cc3)cc2)nc2ccccc24)cc1. The number of nitrogens with zero attached hydrogens (tertiary/aromatic N) is 3. The number of para-hydroxylation sites is 1. The summed E-state index contributed by atoms with van der Waals surface area (Å²) in [5.41, 5.74) is 15.6. The summed E-state index contributed by atoms with van der Waals surface area (Å²) in [5.74, 6) is 0. The highest BCUT2D eigenvalue weighted by Crippen LogP contribution is 2.57. The van der Waals surface area contributed by atoms with E-state index in [1.807, 2.05) is 24.4 Å². The van der Waals surface area contributed by atoms with E-state index < -0.39 is 5.41 Å². The Balaban J connectivity index is 1.08. The van der Waals surface area contributed by atoms with Gasteiger partial charge in [0.1, 0.15) is 5.65 Å². The number of aromatic nitrogens is 3. The third-order valence-electron chi connectivity index (χ3n) is 11.3. The molecule has 0 atom stereocenters. The Kier molecular flexibility index (Phi) is 6.77. The van der Waals surface area contributed by atoms with E-state index in [0.29, 0.717) is 0 Å². The Morgan fingerprint density at radius 1 is 0.407 bits per heavy atom. The number of fused-ring (bicyclic) bond motifs is 7. The van der Waals surface area contributed by atoms with Gasteiger partial charge in [-0.25, -0.2) is 9.97 Å². The van der Waals surface area contributed by atoms with E-state index >= 15 is 0 Å². The van der Waals surface area contributed by atoms with E-state index in [9.17, 15) is 0 Å². The van der Waals surface area contributed by atoms with Crippen molar-refractivity contribution in [3.8, 4) is 44.8 Å². The van der Waals surface area contributed by atoms with E-state index in [1.54, 1.807) is 0 Å². The van der Waals surface area contributed by atoms with Crippen molar-refractivity contribution in [1.29, 1.82) is 0 Å². The topological polar surface area (TPSA) is 30.2 Å². The van der Waals surface area contributed by atoms with Crippen LogP contribution in [0.3, 0.4) is 0 Å². The Bertz CT molecular complexity index is 2940. The molecule has 3 heteroatoms. The number of hydrogen-bond donors (Lipinski definition) is 0. The van der Waals surface area contributed by atoms with Gasteiger partial charge in [-0.15, -0.1) is 0 Å². The zero-order chi connectivity index (χ0) is 35.6. The summed E-state index contributed by atoms with van der Waals surface area (Å²) >= 11 is 0. The quantitative estimate of drug-likeness (QED) is 0.169. The first kappa shape index (κ1) is 30.5. The zero-order valence-electron chi connectivity index (χ0n) is 29.4. The van der Waals surface area contributed by atoms with Gasteiger partial charge in [0.25, 0.3) is 0 Å². The molecule has 0 aliphatic heterocycles. The normalized spacial score (nSPS) is 13.0. The van der Waals surface area contributed by atoms with Crippen molar-refractivity contribution in [3.63, 3.8) is 0 Å². The predicted octanol–water partition coefficient (Wildman–Crippen LogP) is 12.4. The van der Waals surface area contributed by atoms with Gasteiger partial charge in [-0.3, -0.25) is 0 Å². The predicted molar refractivity (Wildman–Crippen MR) is 222 cm³/mol. The first-order valence-electron chi connectivity index (χ1n) is 18.5. The molecule has 10 aromatic rings. The Hall–Kier alpha value is -7.10. The van der Waals surface area contributed by atoms with Gasteiger partial charge in [0.05, 0.1) is 22.3 Å². The molecule has 7 aromatic carbocycles. The van der Waals surface area contributed by atoms with Crippen molar-refractivity contribution >= 4 is 27.3 Å². The monoisotopic (exact) mass is 687 g/mol. The van der Waals surface area contributed by atoms with Crippen LogP contribution >= 0.6 is 0 Å². The van der Waals surface area contributed by atoms with Crippen molar-refractivity contribution in [1.82, 2.24) is 14.4 Å². The summed E-state index contributed by atoms with van der Waals surface area (Å²) < 4.78 is 2.06. The highest BCUT2D eigenvalue weighted by atomic mass is 15.0. The van der Waals surface area contributed by atoms with Gasteiger partial charge in [-0.05, 0) is 80.2 Å². The number of benzene rings is 7. The molecule has 0 saturated carbocycles. The van der Waals surface area contributed by atoms with Gasteiger partial charge in [0.15, 0.2) is 0 Å². The van der Waals surface area contributed by atoms with E-state index in [4.69, 9.17) is 9.97 Å². The fraction of sp³-hybridized carbons (Fsp3) is 0.0196. The minimum Gasteiger partial charge on any atom is -0.306 e. The minimum atomic E-state index is -0.481. The number of imidazole rings is 1. The molecule has 3 nitrogen and oxygen atoms in total. The number of rotatable bonds is 5. The molecule has 0 fully saturated rings. The van der Waals surface area contributed by atoms with Gasteiger partial charge >= 0.3 is 0 Å². The van der Waals surface area contributed by atoms with Crippen molar-refractivity contribution in [2.75, 3.05) is 0 Å². The smallest absolute Gasteiger partial charge is 0.137 e. The third kappa shape index (κ3) is 4.55. The van der Waals surface area contributed by atoms with Crippen LogP contribution in [-0.2, 0) is 5.41 Å². The van der Waals surface area contributed by atoms with Crippen molar-refractivity contribution in [3.05, 3.63) is 223 Å². The van der Waals surface area contributed by atoms with Crippen LogP contribution in [0.15, 0.2) is 200 Å². The summed E-state index contributed by atoms with van der Waals surface area (Å²) in [6.07, 6.45) is 4.11. The Morgan fingerprint density at radius 2 is 1.02 bits per heavy atom. The maximum Gasteiger partial charge on any atom is 0.137 e. The van der Waals surface area contributed by atoms with E-state index in [1.165, 1.54) is 38.8 Å². The second-order valence-electron chi connectivity index (χ2n) is 14.2. The van der Waals surface area contributed by atoms with Gasteiger partial charge in [-0.1, -0.05) is 158 Å². The van der Waals surface area contributed by atoms with Crippen LogP contribution in [0.4, 0.5) is 0 Å². The molecule has 0 amide bonds. The minimum absolute atomic E-state index is 0.481. The zero-order valence-corrected chi connectivity index (χ0v) is 29.4. The first-order chi connectivity index (χ1) is 26.8. The van der Waals surface area contributed by atoms with E-state index in [0.717, 1.165) is 55.6 Å². The molecule has 3 aromatic heterocycles. The van der Waals surface area contributed by atoms with E-state index in [-0.39, 0.29) is 0 Å². The summed E-state index contributed by atoms with van der Waals surface area (Å²) in [6, 6.07) is 68.1. The molecule has 0 radical (unpaired) electrons. The molecular weight excluding hydrogens is 655 g/mol. The third-order valence-corrected chi connectivity index (χ3v) is 11.3.